The maximum Gasteiger partial charge on any atom is 0.259 e. The van der Waals surface area contributed by atoms with Crippen molar-refractivity contribution in [2.24, 2.45) is 0 Å². The summed E-state index contributed by atoms with van der Waals surface area (Å²) in [5, 5.41) is 0.802. The van der Waals surface area contributed by atoms with Crippen LogP contribution < -0.4 is 5.56 Å². The lowest BCUT2D eigenvalue weighted by Gasteiger charge is -2.14. The monoisotopic (exact) mass is 363 g/mol. The first kappa shape index (κ1) is 16.1. The molecule has 1 saturated heterocycles. The topological polar surface area (TPSA) is 66.1 Å². The minimum Gasteiger partial charge on any atom is -0.342 e. The normalized spacial score (nSPS) is 17.4. The number of thiophene rings is 1. The van der Waals surface area contributed by atoms with E-state index in [1.54, 1.807) is 11.3 Å². The van der Waals surface area contributed by atoms with Crippen LogP contribution in [0, 0.1) is 0 Å². The van der Waals surface area contributed by atoms with Crippen LogP contribution in [0.3, 0.4) is 0 Å². The maximum absolute atomic E-state index is 12.5. The predicted octanol–water partition coefficient (Wildman–Crippen LogP) is 2.72. The van der Waals surface area contributed by atoms with Crippen LogP contribution >= 0.6 is 23.1 Å². The van der Waals surface area contributed by atoms with Crippen molar-refractivity contribution >= 4 is 39.2 Å². The minimum atomic E-state index is -0.0131. The molecule has 3 heterocycles. The molecule has 0 radical (unpaired) electrons. The van der Waals surface area contributed by atoms with Crippen molar-refractivity contribution in [3.8, 4) is 0 Å². The Morgan fingerprint density at radius 1 is 1.21 bits per heavy atom. The standard InChI is InChI=1S/C17H21N3O2S2/c21-14(20-7-3-4-8-20)10-23-9-13-18-16(22)15-11-5-1-2-6-12(11)24-17(15)19-13/h1-10H2,(H,18,19,22). The molecule has 0 saturated carbocycles. The van der Waals surface area contributed by atoms with Gasteiger partial charge in [-0.1, -0.05) is 0 Å². The van der Waals surface area contributed by atoms with Crippen molar-refractivity contribution < 1.29 is 4.79 Å². The summed E-state index contributed by atoms with van der Waals surface area (Å²) in [6.07, 6.45) is 6.67. The van der Waals surface area contributed by atoms with Gasteiger partial charge in [0.25, 0.3) is 5.56 Å². The molecule has 0 unspecified atom stereocenters. The number of likely N-dealkylation sites (tertiary alicyclic amines) is 1. The maximum atomic E-state index is 12.5. The molecule has 2 aromatic rings. The zero-order valence-electron chi connectivity index (χ0n) is 13.6. The average molecular weight is 364 g/mol. The molecule has 0 bridgehead atoms. The number of aromatic amines is 1. The molecule has 1 aliphatic heterocycles. The molecule has 24 heavy (non-hydrogen) atoms. The lowest BCUT2D eigenvalue weighted by Crippen LogP contribution is -2.29. The number of nitrogens with zero attached hydrogens (tertiary/aromatic N) is 2. The Labute approximate surface area is 148 Å². The van der Waals surface area contributed by atoms with Crippen LogP contribution in [0.5, 0.6) is 0 Å². The molecule has 1 aliphatic carbocycles. The van der Waals surface area contributed by atoms with E-state index in [9.17, 15) is 9.59 Å². The summed E-state index contributed by atoms with van der Waals surface area (Å²) in [4.78, 5) is 36.2. The summed E-state index contributed by atoms with van der Waals surface area (Å²) in [5.41, 5.74) is 1.21. The van der Waals surface area contributed by atoms with Crippen molar-refractivity contribution in [3.05, 3.63) is 26.6 Å². The third-order valence-electron chi connectivity index (χ3n) is 4.80. The molecule has 4 rings (SSSR count). The first-order chi connectivity index (χ1) is 11.7. The van der Waals surface area contributed by atoms with Crippen LogP contribution in [0.1, 0.15) is 41.9 Å². The number of carbonyl (C=O) groups excluding carboxylic acids is 1. The quantitative estimate of drug-likeness (QED) is 0.907. The van der Waals surface area contributed by atoms with Gasteiger partial charge < -0.3 is 9.88 Å². The molecule has 1 N–H and O–H groups in total. The van der Waals surface area contributed by atoms with Crippen molar-refractivity contribution in [1.82, 2.24) is 14.9 Å². The van der Waals surface area contributed by atoms with Crippen molar-refractivity contribution in [1.29, 1.82) is 0 Å². The smallest absolute Gasteiger partial charge is 0.259 e. The highest BCUT2D eigenvalue weighted by Gasteiger charge is 2.20. The number of aryl methyl sites for hydroxylation is 2. The Hall–Kier alpha value is -1.34. The summed E-state index contributed by atoms with van der Waals surface area (Å²) >= 11 is 3.21. The van der Waals surface area contributed by atoms with Gasteiger partial charge in [0.2, 0.25) is 5.91 Å². The van der Waals surface area contributed by atoms with E-state index in [0.29, 0.717) is 17.3 Å². The van der Waals surface area contributed by atoms with Crippen LogP contribution in [0.15, 0.2) is 4.79 Å². The van der Waals surface area contributed by atoms with Gasteiger partial charge in [0.05, 0.1) is 16.9 Å². The Bertz CT molecular complexity index is 821. The largest absolute Gasteiger partial charge is 0.342 e. The van der Waals surface area contributed by atoms with E-state index in [0.717, 1.165) is 55.4 Å². The van der Waals surface area contributed by atoms with Gasteiger partial charge >= 0.3 is 0 Å². The summed E-state index contributed by atoms with van der Waals surface area (Å²) < 4.78 is 0. The first-order valence-electron chi connectivity index (χ1n) is 8.61. The molecule has 2 aromatic heterocycles. The van der Waals surface area contributed by atoms with Crippen LogP contribution in [-0.2, 0) is 23.4 Å². The predicted molar refractivity (Wildman–Crippen MR) is 98.9 cm³/mol. The molecule has 7 heteroatoms. The van der Waals surface area contributed by atoms with E-state index in [-0.39, 0.29) is 11.5 Å². The van der Waals surface area contributed by atoms with E-state index < -0.39 is 0 Å². The number of hydrogen-bond donors (Lipinski definition) is 1. The Kier molecular flexibility index (Phi) is 4.63. The second kappa shape index (κ2) is 6.88. The van der Waals surface area contributed by atoms with Crippen LogP contribution in [0.25, 0.3) is 10.2 Å². The lowest BCUT2D eigenvalue weighted by molar-refractivity contribution is -0.127. The Balaban J connectivity index is 1.47. The Morgan fingerprint density at radius 3 is 2.83 bits per heavy atom. The fourth-order valence-electron chi connectivity index (χ4n) is 3.57. The van der Waals surface area contributed by atoms with Gasteiger partial charge in [0.15, 0.2) is 0 Å². The number of amides is 1. The third-order valence-corrected chi connectivity index (χ3v) is 6.91. The first-order valence-corrected chi connectivity index (χ1v) is 10.6. The summed E-state index contributed by atoms with van der Waals surface area (Å²) in [5.74, 6) is 1.92. The number of aromatic nitrogens is 2. The number of nitrogens with one attached hydrogen (secondary N) is 1. The second-order valence-electron chi connectivity index (χ2n) is 6.48. The van der Waals surface area contributed by atoms with Gasteiger partial charge in [-0.25, -0.2) is 4.98 Å². The lowest BCUT2D eigenvalue weighted by atomic mass is 9.97. The molecule has 5 nitrogen and oxygen atoms in total. The molecule has 0 spiro atoms. The number of carbonyl (C=O) groups is 1. The van der Waals surface area contributed by atoms with Crippen LogP contribution in [0.2, 0.25) is 0 Å². The van der Waals surface area contributed by atoms with E-state index in [4.69, 9.17) is 0 Å². The highest BCUT2D eigenvalue weighted by molar-refractivity contribution is 7.99. The second-order valence-corrected chi connectivity index (χ2v) is 8.55. The summed E-state index contributed by atoms with van der Waals surface area (Å²) in [6, 6.07) is 0. The van der Waals surface area contributed by atoms with Gasteiger partial charge in [0, 0.05) is 18.0 Å². The van der Waals surface area contributed by atoms with Crippen molar-refractivity contribution in [3.63, 3.8) is 0 Å². The SMILES string of the molecule is O=C(CSCc1nc2sc3c(c2c(=O)[nH]1)CCCC3)N1CCCC1. The fraction of sp³-hybridized carbons (Fsp3) is 0.588. The molecular weight excluding hydrogens is 342 g/mol. The zero-order chi connectivity index (χ0) is 16.5. The molecule has 1 fully saturated rings. The zero-order valence-corrected chi connectivity index (χ0v) is 15.2. The van der Waals surface area contributed by atoms with Crippen molar-refractivity contribution in [2.45, 2.75) is 44.3 Å². The van der Waals surface area contributed by atoms with E-state index in [1.165, 1.54) is 28.6 Å². The number of fused-ring (bicyclic) bond motifs is 3. The van der Waals surface area contributed by atoms with Crippen LogP contribution in [-0.4, -0.2) is 39.6 Å². The van der Waals surface area contributed by atoms with E-state index in [2.05, 4.69) is 9.97 Å². The fourth-order valence-corrected chi connectivity index (χ4v) is 5.64. The van der Waals surface area contributed by atoms with Gasteiger partial charge in [-0.2, -0.15) is 0 Å². The van der Waals surface area contributed by atoms with E-state index in [1.807, 2.05) is 4.90 Å². The van der Waals surface area contributed by atoms with Crippen LogP contribution in [0.4, 0.5) is 0 Å². The van der Waals surface area contributed by atoms with Gasteiger partial charge in [0.1, 0.15) is 10.7 Å². The average Bonchev–Trinajstić information content (AvgIpc) is 3.22. The molecule has 0 atom stereocenters. The van der Waals surface area contributed by atoms with E-state index >= 15 is 0 Å². The molecular formula is C17H21N3O2S2. The summed E-state index contributed by atoms with van der Waals surface area (Å²) in [7, 11) is 0. The van der Waals surface area contributed by atoms with Gasteiger partial charge in [-0.05, 0) is 44.1 Å². The molecule has 0 aromatic carbocycles. The number of rotatable bonds is 4. The molecule has 2 aliphatic rings. The summed E-state index contributed by atoms with van der Waals surface area (Å²) in [6.45, 7) is 1.78. The minimum absolute atomic E-state index is 0.0131. The Morgan fingerprint density at radius 2 is 2.00 bits per heavy atom. The van der Waals surface area contributed by atoms with Gasteiger partial charge in [-0.15, -0.1) is 23.1 Å². The number of thioether (sulfide) groups is 1. The van der Waals surface area contributed by atoms with Crippen molar-refractivity contribution in [2.75, 3.05) is 18.8 Å². The molecule has 128 valence electrons. The third kappa shape index (κ3) is 3.11. The highest BCUT2D eigenvalue weighted by Crippen LogP contribution is 2.33. The number of H-pyrrole nitrogens is 1. The molecule has 1 amide bonds. The number of hydrogen-bond acceptors (Lipinski definition) is 5. The highest BCUT2D eigenvalue weighted by atomic mass is 32.2. The van der Waals surface area contributed by atoms with Gasteiger partial charge in [-0.3, -0.25) is 9.59 Å².